The van der Waals surface area contributed by atoms with Crippen molar-refractivity contribution in [1.29, 1.82) is 5.26 Å². The van der Waals surface area contributed by atoms with Crippen molar-refractivity contribution in [2.75, 3.05) is 13.7 Å². The molecular weight excluding hydrogens is 212 g/mol. The van der Waals surface area contributed by atoms with Crippen LogP contribution in [-0.2, 0) is 6.42 Å². The van der Waals surface area contributed by atoms with Gasteiger partial charge in [-0.3, -0.25) is 0 Å². The van der Waals surface area contributed by atoms with Crippen LogP contribution in [0.2, 0.25) is 0 Å². The molecular formula is C14H20N2O. The van der Waals surface area contributed by atoms with Gasteiger partial charge in [0.25, 0.3) is 0 Å². The lowest BCUT2D eigenvalue weighted by Crippen LogP contribution is -2.25. The molecule has 0 fully saturated rings. The lowest BCUT2D eigenvalue weighted by atomic mass is 10.1. The van der Waals surface area contributed by atoms with Crippen molar-refractivity contribution in [3.8, 4) is 11.8 Å². The van der Waals surface area contributed by atoms with Crippen molar-refractivity contribution < 1.29 is 4.74 Å². The summed E-state index contributed by atoms with van der Waals surface area (Å²) in [6, 6.07) is 10.2. The second kappa shape index (κ2) is 7.70. The van der Waals surface area contributed by atoms with Crippen LogP contribution in [0.25, 0.3) is 0 Å². The zero-order valence-electron chi connectivity index (χ0n) is 10.6. The first-order valence-electron chi connectivity index (χ1n) is 6.08. The fourth-order valence-electron chi connectivity index (χ4n) is 1.61. The van der Waals surface area contributed by atoms with E-state index in [1.807, 2.05) is 12.1 Å². The van der Waals surface area contributed by atoms with Crippen LogP contribution in [0.3, 0.4) is 0 Å². The second-order valence-electron chi connectivity index (χ2n) is 4.00. The zero-order valence-corrected chi connectivity index (χ0v) is 10.6. The predicted molar refractivity (Wildman–Crippen MR) is 69.0 cm³/mol. The van der Waals surface area contributed by atoms with E-state index >= 15 is 0 Å². The summed E-state index contributed by atoms with van der Waals surface area (Å²) in [5.41, 5.74) is 1.34. The van der Waals surface area contributed by atoms with E-state index in [-0.39, 0.29) is 6.04 Å². The summed E-state index contributed by atoms with van der Waals surface area (Å²) in [7, 11) is 1.79. The van der Waals surface area contributed by atoms with Gasteiger partial charge in [-0.1, -0.05) is 25.5 Å². The minimum Gasteiger partial charge on any atom is -0.493 e. The van der Waals surface area contributed by atoms with Gasteiger partial charge in [-0.2, -0.15) is 5.26 Å². The Morgan fingerprint density at radius 3 is 2.59 bits per heavy atom. The molecule has 0 saturated heterocycles. The molecule has 1 aromatic carbocycles. The molecule has 0 aromatic heterocycles. The van der Waals surface area contributed by atoms with Gasteiger partial charge in [-0.25, -0.2) is 0 Å². The Morgan fingerprint density at radius 2 is 2.06 bits per heavy atom. The van der Waals surface area contributed by atoms with Crippen LogP contribution >= 0.6 is 0 Å². The van der Waals surface area contributed by atoms with Gasteiger partial charge in [0.2, 0.25) is 0 Å². The van der Waals surface area contributed by atoms with E-state index in [1.54, 1.807) is 7.05 Å². The van der Waals surface area contributed by atoms with Crippen LogP contribution in [0.1, 0.15) is 25.3 Å². The zero-order chi connectivity index (χ0) is 12.5. The average Bonchev–Trinajstić information content (AvgIpc) is 2.37. The topological polar surface area (TPSA) is 45.0 Å². The van der Waals surface area contributed by atoms with E-state index in [2.05, 4.69) is 30.4 Å². The molecule has 0 saturated carbocycles. The quantitative estimate of drug-likeness (QED) is 0.785. The van der Waals surface area contributed by atoms with Crippen molar-refractivity contribution in [2.24, 2.45) is 0 Å². The number of ether oxygens (including phenoxy) is 1. The highest BCUT2D eigenvalue weighted by atomic mass is 16.5. The van der Waals surface area contributed by atoms with E-state index in [4.69, 9.17) is 10.00 Å². The maximum absolute atomic E-state index is 8.75. The molecule has 3 heteroatoms. The number of nitrogens with zero attached hydrogens (tertiary/aromatic N) is 1. The summed E-state index contributed by atoms with van der Waals surface area (Å²) >= 11 is 0. The van der Waals surface area contributed by atoms with Crippen LogP contribution in [0.5, 0.6) is 5.75 Å². The molecule has 92 valence electrons. The van der Waals surface area contributed by atoms with Crippen LogP contribution in [0.4, 0.5) is 0 Å². The molecule has 1 aromatic rings. The third kappa shape index (κ3) is 4.88. The number of hydrogen-bond acceptors (Lipinski definition) is 3. The first kappa shape index (κ1) is 13.5. The Morgan fingerprint density at radius 1 is 1.35 bits per heavy atom. The third-order valence-electron chi connectivity index (χ3n) is 2.64. The summed E-state index contributed by atoms with van der Waals surface area (Å²) in [5.74, 6) is 0.873. The van der Waals surface area contributed by atoms with Crippen molar-refractivity contribution >= 4 is 0 Å². The van der Waals surface area contributed by atoms with Gasteiger partial charge < -0.3 is 10.1 Å². The lowest BCUT2D eigenvalue weighted by Gasteiger charge is -2.09. The Labute approximate surface area is 103 Å². The van der Waals surface area contributed by atoms with Crippen LogP contribution in [0.15, 0.2) is 24.3 Å². The summed E-state index contributed by atoms with van der Waals surface area (Å²) in [6.45, 7) is 2.73. The molecule has 1 rings (SSSR count). The molecule has 1 unspecified atom stereocenters. The Balaban J connectivity index is 2.34. The predicted octanol–water partition coefficient (Wildman–Crippen LogP) is 2.52. The Kier molecular flexibility index (Phi) is 6.13. The van der Waals surface area contributed by atoms with Gasteiger partial charge in [-0.05, 0) is 31.2 Å². The largest absolute Gasteiger partial charge is 0.493 e. The number of hydrogen-bond donors (Lipinski definition) is 1. The molecule has 0 aliphatic carbocycles. The molecule has 0 spiro atoms. The van der Waals surface area contributed by atoms with Gasteiger partial charge in [0, 0.05) is 6.42 Å². The van der Waals surface area contributed by atoms with Crippen LogP contribution < -0.4 is 10.1 Å². The Bertz CT molecular complexity index is 353. The van der Waals surface area contributed by atoms with Gasteiger partial charge in [0.15, 0.2) is 0 Å². The molecule has 1 N–H and O–H groups in total. The SMILES string of the molecule is CCCc1ccc(OCCC(C#N)NC)cc1. The second-order valence-corrected chi connectivity index (χ2v) is 4.00. The van der Waals surface area contributed by atoms with Gasteiger partial charge in [0.1, 0.15) is 5.75 Å². The van der Waals surface area contributed by atoms with E-state index in [0.717, 1.165) is 18.6 Å². The lowest BCUT2D eigenvalue weighted by molar-refractivity contribution is 0.300. The first-order valence-corrected chi connectivity index (χ1v) is 6.08. The van der Waals surface area contributed by atoms with E-state index < -0.39 is 0 Å². The maximum atomic E-state index is 8.75. The highest BCUT2D eigenvalue weighted by Crippen LogP contribution is 2.13. The normalized spacial score (nSPS) is 11.8. The molecule has 0 radical (unpaired) electrons. The summed E-state index contributed by atoms with van der Waals surface area (Å²) in [4.78, 5) is 0. The standard InChI is InChI=1S/C14H20N2O/c1-3-4-12-5-7-14(8-6-12)17-10-9-13(11-15)16-2/h5-8,13,16H,3-4,9-10H2,1-2H3. The minimum absolute atomic E-state index is 0.130. The minimum atomic E-state index is -0.130. The fraction of sp³-hybridized carbons (Fsp3) is 0.500. The van der Waals surface area contributed by atoms with Crippen molar-refractivity contribution in [3.63, 3.8) is 0 Å². The molecule has 0 aliphatic rings. The Hall–Kier alpha value is -1.53. The van der Waals surface area contributed by atoms with Crippen molar-refractivity contribution in [1.82, 2.24) is 5.32 Å². The van der Waals surface area contributed by atoms with E-state index in [9.17, 15) is 0 Å². The molecule has 3 nitrogen and oxygen atoms in total. The molecule has 17 heavy (non-hydrogen) atoms. The summed E-state index contributed by atoms with van der Waals surface area (Å²) < 4.78 is 5.58. The van der Waals surface area contributed by atoms with Gasteiger partial charge in [0.05, 0.1) is 18.7 Å². The maximum Gasteiger partial charge on any atom is 0.119 e. The van der Waals surface area contributed by atoms with Gasteiger partial charge in [-0.15, -0.1) is 0 Å². The summed E-state index contributed by atoms with van der Waals surface area (Å²) in [6.07, 6.45) is 2.96. The number of nitriles is 1. The molecule has 0 aliphatic heterocycles. The van der Waals surface area contributed by atoms with Crippen LogP contribution in [0, 0.1) is 11.3 Å². The molecule has 0 bridgehead atoms. The smallest absolute Gasteiger partial charge is 0.119 e. The highest BCUT2D eigenvalue weighted by molar-refractivity contribution is 5.27. The molecule has 0 heterocycles. The highest BCUT2D eigenvalue weighted by Gasteiger charge is 2.03. The number of aryl methyl sites for hydroxylation is 1. The molecule has 0 amide bonds. The third-order valence-corrected chi connectivity index (χ3v) is 2.64. The number of nitrogens with one attached hydrogen (secondary N) is 1. The van der Waals surface area contributed by atoms with Crippen molar-refractivity contribution in [3.05, 3.63) is 29.8 Å². The van der Waals surface area contributed by atoms with Crippen molar-refractivity contribution in [2.45, 2.75) is 32.2 Å². The molecule has 1 atom stereocenters. The van der Waals surface area contributed by atoms with Gasteiger partial charge >= 0.3 is 0 Å². The van der Waals surface area contributed by atoms with E-state index in [0.29, 0.717) is 13.0 Å². The summed E-state index contributed by atoms with van der Waals surface area (Å²) in [5, 5.41) is 11.7. The number of rotatable bonds is 7. The fourth-order valence-corrected chi connectivity index (χ4v) is 1.61. The van der Waals surface area contributed by atoms with E-state index in [1.165, 1.54) is 5.56 Å². The monoisotopic (exact) mass is 232 g/mol. The van der Waals surface area contributed by atoms with Crippen LogP contribution in [-0.4, -0.2) is 19.7 Å². The number of benzene rings is 1. The average molecular weight is 232 g/mol. The first-order chi connectivity index (χ1) is 8.30.